The zero-order valence-corrected chi connectivity index (χ0v) is 23.3. The lowest BCUT2D eigenvalue weighted by Gasteiger charge is -2.41. The van der Waals surface area contributed by atoms with Gasteiger partial charge in [0.15, 0.2) is 17.6 Å². The molecule has 2 aromatic rings. The maximum absolute atomic E-state index is 13.3. The first-order chi connectivity index (χ1) is 17.6. The van der Waals surface area contributed by atoms with E-state index >= 15 is 0 Å². The Morgan fingerprint density at radius 1 is 1.24 bits per heavy atom. The first-order valence-corrected chi connectivity index (χ1v) is 13.6. The van der Waals surface area contributed by atoms with Crippen LogP contribution in [0.4, 0.5) is 11.6 Å². The van der Waals surface area contributed by atoms with Crippen LogP contribution in [0.15, 0.2) is 18.2 Å². The SMILES string of the molecule is CCOC(=O)C(OC(C)(C)C)c1c(C)nc2cc3nn2c1N1CCC(C)(CC1)OCC=CCCCCN3. The van der Waals surface area contributed by atoms with Crippen molar-refractivity contribution >= 4 is 23.3 Å². The summed E-state index contributed by atoms with van der Waals surface area (Å²) in [5, 5.41) is 8.37. The average molecular weight is 514 g/mol. The van der Waals surface area contributed by atoms with Crippen molar-refractivity contribution in [2.24, 2.45) is 0 Å². The van der Waals surface area contributed by atoms with E-state index < -0.39 is 17.7 Å². The van der Waals surface area contributed by atoms with Crippen molar-refractivity contribution in [3.05, 3.63) is 29.5 Å². The van der Waals surface area contributed by atoms with Crippen molar-refractivity contribution in [1.82, 2.24) is 14.6 Å². The second-order valence-corrected chi connectivity index (χ2v) is 11.2. The third kappa shape index (κ3) is 6.62. The highest BCUT2D eigenvalue weighted by Crippen LogP contribution is 2.38. The Morgan fingerprint density at radius 2 is 2.00 bits per heavy atom. The lowest BCUT2D eigenvalue weighted by Crippen LogP contribution is -2.45. The summed E-state index contributed by atoms with van der Waals surface area (Å²) in [5.41, 5.74) is 1.42. The van der Waals surface area contributed by atoms with Gasteiger partial charge in [0.2, 0.25) is 0 Å². The molecule has 0 aromatic carbocycles. The number of aromatic nitrogens is 3. The average Bonchev–Trinajstić information content (AvgIpc) is 3.23. The lowest BCUT2D eigenvalue weighted by molar-refractivity contribution is -0.166. The lowest BCUT2D eigenvalue weighted by atomic mass is 9.92. The number of rotatable bonds is 4. The van der Waals surface area contributed by atoms with Crippen LogP contribution in [0.2, 0.25) is 0 Å². The standard InChI is InChI=1S/C28H43N5O4/c1-7-35-26(34)24(37-27(3,4)5)23-20(2)30-22-19-21-29-15-11-9-8-10-12-18-36-28(6)13-16-32(17-14-28)25(23)33(22)31-21/h10,12,19,24H,7-9,11,13-18H2,1-6H3,(H,29,31). The van der Waals surface area contributed by atoms with Gasteiger partial charge in [-0.3, -0.25) is 0 Å². The fourth-order valence-electron chi connectivity index (χ4n) is 4.98. The molecular formula is C28H43N5O4. The van der Waals surface area contributed by atoms with E-state index in [1.165, 1.54) is 0 Å². The molecule has 9 heteroatoms. The van der Waals surface area contributed by atoms with Crippen LogP contribution in [-0.2, 0) is 19.0 Å². The van der Waals surface area contributed by atoms with Gasteiger partial charge in [-0.1, -0.05) is 12.2 Å². The Balaban J connectivity index is 1.84. The van der Waals surface area contributed by atoms with Crippen molar-refractivity contribution in [2.75, 3.05) is 43.1 Å². The molecule has 3 aliphatic heterocycles. The summed E-state index contributed by atoms with van der Waals surface area (Å²) in [6.45, 7) is 15.0. The normalized spacial score (nSPS) is 19.6. The Kier molecular flexibility index (Phi) is 8.43. The predicted molar refractivity (Wildman–Crippen MR) is 145 cm³/mol. The Bertz CT molecular complexity index is 1110. The van der Waals surface area contributed by atoms with E-state index in [1.807, 2.05) is 45.2 Å². The number of carbonyl (C=O) groups is 1. The molecular weight excluding hydrogens is 470 g/mol. The number of carbonyl (C=O) groups excluding carboxylic acids is 1. The highest BCUT2D eigenvalue weighted by atomic mass is 16.6. The Labute approximate surface area is 220 Å². The van der Waals surface area contributed by atoms with E-state index in [2.05, 4.69) is 29.3 Å². The number of hydrogen-bond acceptors (Lipinski definition) is 8. The Morgan fingerprint density at radius 3 is 2.70 bits per heavy atom. The number of hydrogen-bond donors (Lipinski definition) is 1. The van der Waals surface area contributed by atoms with E-state index in [4.69, 9.17) is 24.3 Å². The van der Waals surface area contributed by atoms with Gasteiger partial charge in [0.1, 0.15) is 5.82 Å². The number of anilines is 2. The summed E-state index contributed by atoms with van der Waals surface area (Å²) in [6.07, 6.45) is 8.34. The van der Waals surface area contributed by atoms with Crippen LogP contribution in [-0.4, -0.2) is 64.6 Å². The van der Waals surface area contributed by atoms with Crippen LogP contribution in [0, 0.1) is 6.92 Å². The highest BCUT2D eigenvalue weighted by molar-refractivity contribution is 5.80. The van der Waals surface area contributed by atoms with Gasteiger partial charge in [0.25, 0.3) is 0 Å². The van der Waals surface area contributed by atoms with Crippen molar-refractivity contribution in [1.29, 1.82) is 0 Å². The minimum Gasteiger partial charge on any atom is -0.464 e. The molecule has 204 valence electrons. The van der Waals surface area contributed by atoms with Crippen molar-refractivity contribution < 1.29 is 19.0 Å². The number of aryl methyl sites for hydroxylation is 1. The molecule has 0 saturated carbocycles. The maximum atomic E-state index is 13.3. The monoisotopic (exact) mass is 513 g/mol. The van der Waals surface area contributed by atoms with E-state index in [1.54, 1.807) is 0 Å². The molecule has 1 unspecified atom stereocenters. The molecule has 2 aromatic heterocycles. The van der Waals surface area contributed by atoms with Gasteiger partial charge >= 0.3 is 5.97 Å². The van der Waals surface area contributed by atoms with Crippen molar-refractivity contribution in [2.45, 2.75) is 91.0 Å². The molecule has 9 nitrogen and oxygen atoms in total. The number of nitrogens with zero attached hydrogens (tertiary/aromatic N) is 4. The predicted octanol–water partition coefficient (Wildman–Crippen LogP) is 4.98. The largest absolute Gasteiger partial charge is 0.464 e. The molecule has 5 heterocycles. The van der Waals surface area contributed by atoms with Crippen LogP contribution in [0.5, 0.6) is 0 Å². The molecule has 1 fully saturated rings. The number of nitrogens with one attached hydrogen (secondary N) is 1. The van der Waals surface area contributed by atoms with Gasteiger partial charge in [0.05, 0.1) is 30.0 Å². The Hall–Kier alpha value is -2.65. The summed E-state index contributed by atoms with van der Waals surface area (Å²) < 4.78 is 20.0. The molecule has 0 aliphatic carbocycles. The molecule has 1 atom stereocenters. The van der Waals surface area contributed by atoms with Gasteiger partial charge in [0, 0.05) is 31.4 Å². The van der Waals surface area contributed by atoms with Gasteiger partial charge in [-0.2, -0.15) is 4.52 Å². The van der Waals surface area contributed by atoms with E-state index in [-0.39, 0.29) is 12.2 Å². The summed E-state index contributed by atoms with van der Waals surface area (Å²) in [7, 11) is 0. The molecule has 3 aliphatic rings. The number of esters is 1. The van der Waals surface area contributed by atoms with Gasteiger partial charge in [-0.05, 0) is 73.6 Å². The zero-order valence-electron chi connectivity index (χ0n) is 23.3. The minimum atomic E-state index is -0.920. The first kappa shape index (κ1) is 27.4. The summed E-state index contributed by atoms with van der Waals surface area (Å²) >= 11 is 0. The van der Waals surface area contributed by atoms with E-state index in [0.717, 1.165) is 74.7 Å². The molecule has 4 bridgehead atoms. The first-order valence-electron chi connectivity index (χ1n) is 13.6. The van der Waals surface area contributed by atoms with Crippen molar-refractivity contribution in [3.63, 3.8) is 0 Å². The second-order valence-electron chi connectivity index (χ2n) is 11.2. The van der Waals surface area contributed by atoms with Gasteiger partial charge < -0.3 is 24.4 Å². The molecule has 1 N–H and O–H groups in total. The molecule has 0 amide bonds. The van der Waals surface area contributed by atoms with Crippen LogP contribution in [0.3, 0.4) is 0 Å². The van der Waals surface area contributed by atoms with E-state index in [0.29, 0.717) is 12.2 Å². The second kappa shape index (κ2) is 11.4. The molecule has 37 heavy (non-hydrogen) atoms. The molecule has 0 spiro atoms. The van der Waals surface area contributed by atoms with Crippen molar-refractivity contribution in [3.8, 4) is 0 Å². The molecule has 5 rings (SSSR count). The zero-order chi connectivity index (χ0) is 26.6. The number of fused-ring (bicyclic) bond motifs is 9. The molecule has 1 saturated heterocycles. The number of allylic oxidation sites excluding steroid dienone is 1. The van der Waals surface area contributed by atoms with E-state index in [9.17, 15) is 4.79 Å². The van der Waals surface area contributed by atoms with Gasteiger partial charge in [-0.25, -0.2) is 9.78 Å². The fourth-order valence-corrected chi connectivity index (χ4v) is 4.98. The molecule has 0 radical (unpaired) electrons. The number of ether oxygens (including phenoxy) is 3. The summed E-state index contributed by atoms with van der Waals surface area (Å²) in [4.78, 5) is 20.5. The highest BCUT2D eigenvalue weighted by Gasteiger charge is 2.38. The van der Waals surface area contributed by atoms with Gasteiger partial charge in [-0.15, -0.1) is 5.10 Å². The summed E-state index contributed by atoms with van der Waals surface area (Å²) in [5.74, 6) is 1.20. The van der Waals surface area contributed by atoms with Crippen LogP contribution in [0.25, 0.3) is 5.65 Å². The van der Waals surface area contributed by atoms with Crippen LogP contribution < -0.4 is 10.2 Å². The quantitative estimate of drug-likeness (QED) is 0.452. The number of piperidine rings is 1. The maximum Gasteiger partial charge on any atom is 0.340 e. The minimum absolute atomic E-state index is 0.199. The fraction of sp³-hybridized carbons (Fsp3) is 0.679. The van der Waals surface area contributed by atoms with Crippen LogP contribution >= 0.6 is 0 Å². The summed E-state index contributed by atoms with van der Waals surface area (Å²) in [6, 6.07) is 1.98. The third-order valence-electron chi connectivity index (χ3n) is 6.96. The topological polar surface area (TPSA) is 90.2 Å². The third-order valence-corrected chi connectivity index (χ3v) is 6.96. The smallest absolute Gasteiger partial charge is 0.340 e. The van der Waals surface area contributed by atoms with Crippen LogP contribution in [0.1, 0.15) is 84.1 Å².